The van der Waals surface area contributed by atoms with Gasteiger partial charge in [-0.15, -0.1) is 0 Å². The second-order valence-electron chi connectivity index (χ2n) is 4.85. The molecule has 1 N–H and O–H groups in total. The van der Waals surface area contributed by atoms with Gasteiger partial charge in [-0.05, 0) is 25.9 Å². The van der Waals surface area contributed by atoms with Crippen LogP contribution >= 0.6 is 0 Å². The summed E-state index contributed by atoms with van der Waals surface area (Å²) in [5.41, 5.74) is 0. The van der Waals surface area contributed by atoms with E-state index in [0.717, 1.165) is 25.9 Å². The lowest BCUT2D eigenvalue weighted by molar-refractivity contribution is -0.168. The number of alkyl halides is 4. The summed E-state index contributed by atoms with van der Waals surface area (Å²) in [5, 5.41) is 2.66. The molecular formula is C12H20F4N2O2. The van der Waals surface area contributed by atoms with Crippen molar-refractivity contribution < 1.29 is 27.1 Å². The van der Waals surface area contributed by atoms with Crippen LogP contribution in [0.3, 0.4) is 0 Å². The molecule has 1 saturated heterocycles. The first kappa shape index (κ1) is 17.2. The van der Waals surface area contributed by atoms with Gasteiger partial charge in [0.15, 0.2) is 0 Å². The van der Waals surface area contributed by atoms with E-state index in [1.165, 1.54) is 0 Å². The Morgan fingerprint density at radius 2 is 2.20 bits per heavy atom. The number of hydrogen-bond acceptors (Lipinski definition) is 3. The van der Waals surface area contributed by atoms with Gasteiger partial charge in [-0.3, -0.25) is 4.79 Å². The highest BCUT2D eigenvalue weighted by atomic mass is 19.3. The number of likely N-dealkylation sites (tertiary alicyclic amines) is 1. The first-order valence-corrected chi connectivity index (χ1v) is 6.60. The summed E-state index contributed by atoms with van der Waals surface area (Å²) < 4.78 is 53.2. The molecule has 1 aliphatic heterocycles. The van der Waals surface area contributed by atoms with E-state index in [0.29, 0.717) is 6.54 Å². The third-order valence-electron chi connectivity index (χ3n) is 3.16. The van der Waals surface area contributed by atoms with Crippen LogP contribution in [-0.2, 0) is 9.53 Å². The quantitative estimate of drug-likeness (QED) is 0.725. The minimum atomic E-state index is -4.22. The van der Waals surface area contributed by atoms with E-state index in [9.17, 15) is 22.4 Å². The van der Waals surface area contributed by atoms with Gasteiger partial charge in [0.2, 0.25) is 5.91 Å². The van der Waals surface area contributed by atoms with Crippen molar-refractivity contribution in [1.29, 1.82) is 0 Å². The molecular weight excluding hydrogens is 280 g/mol. The fraction of sp³-hybridized carbons (Fsp3) is 0.917. The molecule has 0 unspecified atom stereocenters. The molecule has 1 heterocycles. The van der Waals surface area contributed by atoms with Crippen LogP contribution in [0, 0.1) is 0 Å². The number of carbonyl (C=O) groups is 1. The number of ether oxygens (including phenoxy) is 1. The number of amides is 1. The second kappa shape index (κ2) is 7.78. The predicted molar refractivity (Wildman–Crippen MR) is 65.0 cm³/mol. The van der Waals surface area contributed by atoms with Crippen molar-refractivity contribution in [1.82, 2.24) is 10.2 Å². The van der Waals surface area contributed by atoms with Crippen molar-refractivity contribution in [3.8, 4) is 0 Å². The topological polar surface area (TPSA) is 41.6 Å². The van der Waals surface area contributed by atoms with Gasteiger partial charge in [0.25, 0.3) is 0 Å². The first-order valence-electron chi connectivity index (χ1n) is 6.60. The average Bonchev–Trinajstić information content (AvgIpc) is 2.38. The minimum absolute atomic E-state index is 0.0459. The van der Waals surface area contributed by atoms with Crippen molar-refractivity contribution in [2.75, 3.05) is 32.8 Å². The Hall–Kier alpha value is -0.890. The van der Waals surface area contributed by atoms with Crippen LogP contribution in [-0.4, -0.2) is 62.0 Å². The van der Waals surface area contributed by atoms with Gasteiger partial charge in [0.1, 0.15) is 13.2 Å². The SMILES string of the molecule is CCN1CCC[C@@H](NC(=O)COCC(F)(F)C(F)F)C1. The fourth-order valence-corrected chi connectivity index (χ4v) is 2.07. The molecule has 8 heteroatoms. The van der Waals surface area contributed by atoms with Gasteiger partial charge in [0.05, 0.1) is 0 Å². The Morgan fingerprint density at radius 1 is 1.50 bits per heavy atom. The first-order chi connectivity index (χ1) is 9.35. The van der Waals surface area contributed by atoms with E-state index in [1.54, 1.807) is 0 Å². The lowest BCUT2D eigenvalue weighted by Crippen LogP contribution is -2.48. The summed E-state index contributed by atoms with van der Waals surface area (Å²) in [6, 6.07) is -0.0459. The van der Waals surface area contributed by atoms with Crippen molar-refractivity contribution in [3.63, 3.8) is 0 Å². The Kier molecular flexibility index (Phi) is 6.67. The van der Waals surface area contributed by atoms with Crippen molar-refractivity contribution in [2.24, 2.45) is 0 Å². The van der Waals surface area contributed by atoms with E-state index < -0.39 is 31.5 Å². The molecule has 1 atom stereocenters. The van der Waals surface area contributed by atoms with Crippen molar-refractivity contribution in [3.05, 3.63) is 0 Å². The van der Waals surface area contributed by atoms with E-state index in [4.69, 9.17) is 0 Å². The molecule has 118 valence electrons. The molecule has 0 spiro atoms. The summed E-state index contributed by atoms with van der Waals surface area (Å²) in [7, 11) is 0. The third kappa shape index (κ3) is 5.62. The van der Waals surface area contributed by atoms with E-state index in [-0.39, 0.29) is 6.04 Å². The summed E-state index contributed by atoms with van der Waals surface area (Å²) in [6.07, 6.45) is -2.03. The highest BCUT2D eigenvalue weighted by molar-refractivity contribution is 5.77. The molecule has 0 aliphatic carbocycles. The zero-order valence-electron chi connectivity index (χ0n) is 11.4. The maximum absolute atomic E-state index is 12.5. The van der Waals surface area contributed by atoms with Crippen LogP contribution in [0.15, 0.2) is 0 Å². The smallest absolute Gasteiger partial charge is 0.330 e. The molecule has 0 aromatic carbocycles. The van der Waals surface area contributed by atoms with E-state index in [1.807, 2.05) is 6.92 Å². The molecule has 1 rings (SSSR count). The Balaban J connectivity index is 2.23. The highest BCUT2D eigenvalue weighted by Gasteiger charge is 2.41. The lowest BCUT2D eigenvalue weighted by Gasteiger charge is -2.32. The molecule has 0 saturated carbocycles. The van der Waals surface area contributed by atoms with Crippen LogP contribution in [0.25, 0.3) is 0 Å². The van der Waals surface area contributed by atoms with Gasteiger partial charge >= 0.3 is 12.3 Å². The Labute approximate surface area is 115 Å². The van der Waals surface area contributed by atoms with Gasteiger partial charge < -0.3 is 15.0 Å². The van der Waals surface area contributed by atoms with Crippen LogP contribution in [0.4, 0.5) is 17.6 Å². The van der Waals surface area contributed by atoms with Gasteiger partial charge in [0, 0.05) is 12.6 Å². The summed E-state index contributed by atoms with van der Waals surface area (Å²) in [4.78, 5) is 13.6. The number of halogens is 4. The van der Waals surface area contributed by atoms with Gasteiger partial charge in [-0.25, -0.2) is 8.78 Å². The average molecular weight is 300 g/mol. The zero-order valence-corrected chi connectivity index (χ0v) is 11.4. The number of likely N-dealkylation sites (N-methyl/N-ethyl adjacent to an activating group) is 1. The molecule has 4 nitrogen and oxygen atoms in total. The maximum atomic E-state index is 12.5. The molecule has 1 amide bonds. The van der Waals surface area contributed by atoms with Crippen molar-refractivity contribution in [2.45, 2.75) is 38.2 Å². The number of hydrogen-bond donors (Lipinski definition) is 1. The van der Waals surface area contributed by atoms with E-state index >= 15 is 0 Å². The highest BCUT2D eigenvalue weighted by Crippen LogP contribution is 2.22. The predicted octanol–water partition coefficient (Wildman–Crippen LogP) is 1.50. The van der Waals surface area contributed by atoms with Gasteiger partial charge in [-0.2, -0.15) is 8.78 Å². The summed E-state index contributed by atoms with van der Waals surface area (Å²) in [6.45, 7) is 2.48. The molecule has 0 aromatic heterocycles. The molecule has 20 heavy (non-hydrogen) atoms. The minimum Gasteiger partial charge on any atom is -0.365 e. The molecule has 1 aliphatic rings. The molecule has 0 bridgehead atoms. The largest absolute Gasteiger partial charge is 0.365 e. The number of nitrogens with one attached hydrogen (secondary N) is 1. The number of piperidine rings is 1. The van der Waals surface area contributed by atoms with Gasteiger partial charge in [-0.1, -0.05) is 6.92 Å². The monoisotopic (exact) mass is 300 g/mol. The second-order valence-corrected chi connectivity index (χ2v) is 4.85. The fourth-order valence-electron chi connectivity index (χ4n) is 2.07. The van der Waals surface area contributed by atoms with Crippen LogP contribution in [0.1, 0.15) is 19.8 Å². The van der Waals surface area contributed by atoms with E-state index in [2.05, 4.69) is 15.0 Å². The zero-order chi connectivity index (χ0) is 15.2. The van der Waals surface area contributed by atoms with Crippen molar-refractivity contribution >= 4 is 5.91 Å². The Morgan fingerprint density at radius 3 is 2.80 bits per heavy atom. The Bertz CT molecular complexity index is 316. The van der Waals surface area contributed by atoms with Crippen LogP contribution in [0.2, 0.25) is 0 Å². The number of nitrogens with zero attached hydrogens (tertiary/aromatic N) is 1. The lowest BCUT2D eigenvalue weighted by atomic mass is 10.1. The molecule has 0 aromatic rings. The standard InChI is InChI=1S/C12H20F4N2O2/c1-2-18-5-3-4-9(6-18)17-10(19)7-20-8-12(15,16)11(13)14/h9,11H,2-8H2,1H3,(H,17,19)/t9-/m1/s1. The third-order valence-corrected chi connectivity index (χ3v) is 3.16. The molecule has 1 fully saturated rings. The number of carbonyl (C=O) groups excluding carboxylic acids is 1. The summed E-state index contributed by atoms with van der Waals surface area (Å²) >= 11 is 0. The summed E-state index contributed by atoms with van der Waals surface area (Å²) in [5.74, 6) is -4.78. The van der Waals surface area contributed by atoms with Crippen LogP contribution in [0.5, 0.6) is 0 Å². The van der Waals surface area contributed by atoms with Crippen LogP contribution < -0.4 is 5.32 Å². The normalized spacial score (nSPS) is 21.2. The molecule has 0 radical (unpaired) electrons. The maximum Gasteiger partial charge on any atom is 0.330 e. The number of rotatable bonds is 7.